The number of thiophene rings is 1. The molecule has 2 aromatic rings. The van der Waals surface area contributed by atoms with Gasteiger partial charge in [0.15, 0.2) is 0 Å². The number of amides is 2. The predicted molar refractivity (Wildman–Crippen MR) is 98.4 cm³/mol. The molecule has 25 heavy (non-hydrogen) atoms. The number of carbonyl (C=O) groups excluding carboxylic acids is 2. The Labute approximate surface area is 154 Å². The van der Waals surface area contributed by atoms with Crippen LogP contribution in [0.4, 0.5) is 5.69 Å². The van der Waals surface area contributed by atoms with Crippen molar-refractivity contribution in [3.05, 3.63) is 51.2 Å². The van der Waals surface area contributed by atoms with E-state index < -0.39 is 6.10 Å². The highest BCUT2D eigenvalue weighted by Gasteiger charge is 2.25. The highest BCUT2D eigenvalue weighted by molar-refractivity contribution is 7.12. The highest BCUT2D eigenvalue weighted by atomic mass is 35.5. The number of carbonyl (C=O) groups is 2. The number of aliphatic hydroxyl groups is 1. The molecule has 2 amide bonds. The van der Waals surface area contributed by atoms with Crippen molar-refractivity contribution in [2.24, 2.45) is 5.92 Å². The van der Waals surface area contributed by atoms with E-state index in [1.54, 1.807) is 30.3 Å². The Morgan fingerprint density at radius 2 is 2.12 bits per heavy atom. The molecule has 1 aliphatic heterocycles. The maximum Gasteiger partial charge on any atom is 0.265 e. The molecule has 1 aromatic heterocycles. The molecule has 4 N–H and O–H groups in total. The summed E-state index contributed by atoms with van der Waals surface area (Å²) in [4.78, 5) is 25.0. The summed E-state index contributed by atoms with van der Waals surface area (Å²) < 4.78 is 0. The molecule has 2 heterocycles. The van der Waals surface area contributed by atoms with Gasteiger partial charge in [-0.3, -0.25) is 9.59 Å². The lowest BCUT2D eigenvalue weighted by Crippen LogP contribution is -2.34. The molecule has 0 spiro atoms. The van der Waals surface area contributed by atoms with Gasteiger partial charge in [0.2, 0.25) is 0 Å². The van der Waals surface area contributed by atoms with Gasteiger partial charge in [-0.25, -0.2) is 0 Å². The maximum atomic E-state index is 12.3. The molecule has 1 aliphatic rings. The fourth-order valence-electron chi connectivity index (χ4n) is 2.61. The second-order valence-electron chi connectivity index (χ2n) is 5.82. The molecule has 3 rings (SSSR count). The molecule has 0 radical (unpaired) electrons. The first-order valence-electron chi connectivity index (χ1n) is 7.86. The molecule has 2 unspecified atom stereocenters. The minimum atomic E-state index is -0.453. The molecule has 1 fully saturated rings. The zero-order chi connectivity index (χ0) is 17.8. The lowest BCUT2D eigenvalue weighted by Gasteiger charge is -2.14. The lowest BCUT2D eigenvalue weighted by molar-refractivity contribution is 0.0926. The first kappa shape index (κ1) is 17.9. The number of rotatable bonds is 5. The van der Waals surface area contributed by atoms with Crippen LogP contribution in [-0.4, -0.2) is 42.7 Å². The van der Waals surface area contributed by atoms with Crippen molar-refractivity contribution in [1.29, 1.82) is 0 Å². The predicted octanol–water partition coefficient (Wildman–Crippen LogP) is 1.96. The van der Waals surface area contributed by atoms with Gasteiger partial charge in [-0.05, 0) is 29.6 Å². The largest absolute Gasteiger partial charge is 0.391 e. The van der Waals surface area contributed by atoms with Crippen molar-refractivity contribution < 1.29 is 14.7 Å². The number of hydrogen-bond donors (Lipinski definition) is 4. The summed E-state index contributed by atoms with van der Waals surface area (Å²) in [5.41, 5.74) is 0.779. The van der Waals surface area contributed by atoms with Crippen LogP contribution in [0.2, 0.25) is 5.02 Å². The van der Waals surface area contributed by atoms with Crippen molar-refractivity contribution >= 4 is 40.4 Å². The fourth-order valence-corrected chi connectivity index (χ4v) is 3.39. The Hall–Kier alpha value is -1.93. The number of halogens is 1. The minimum Gasteiger partial charge on any atom is -0.391 e. The molecule has 1 saturated heterocycles. The van der Waals surface area contributed by atoms with Gasteiger partial charge in [0, 0.05) is 31.1 Å². The zero-order valence-corrected chi connectivity index (χ0v) is 14.9. The summed E-state index contributed by atoms with van der Waals surface area (Å²) >= 11 is 7.45. The Bertz CT molecular complexity index is 767. The molecule has 8 heteroatoms. The topological polar surface area (TPSA) is 90.5 Å². The van der Waals surface area contributed by atoms with Crippen molar-refractivity contribution in [2.45, 2.75) is 6.10 Å². The smallest absolute Gasteiger partial charge is 0.265 e. The van der Waals surface area contributed by atoms with Crippen LogP contribution < -0.4 is 16.0 Å². The number of nitrogens with one attached hydrogen (secondary N) is 3. The fraction of sp³-hybridized carbons (Fsp3) is 0.294. The molecule has 2 atom stereocenters. The number of benzene rings is 1. The third kappa shape index (κ3) is 4.38. The zero-order valence-electron chi connectivity index (χ0n) is 13.3. The van der Waals surface area contributed by atoms with E-state index in [1.807, 2.05) is 5.38 Å². The van der Waals surface area contributed by atoms with Gasteiger partial charge in [0.25, 0.3) is 11.8 Å². The quantitative estimate of drug-likeness (QED) is 0.639. The molecule has 0 bridgehead atoms. The van der Waals surface area contributed by atoms with Gasteiger partial charge in [-0.2, -0.15) is 0 Å². The number of hydrogen-bond acceptors (Lipinski definition) is 5. The molecular weight excluding hydrogens is 362 g/mol. The molecule has 0 saturated carbocycles. The van der Waals surface area contributed by atoms with Crippen LogP contribution in [-0.2, 0) is 0 Å². The highest BCUT2D eigenvalue weighted by Crippen LogP contribution is 2.24. The molecule has 132 valence electrons. The summed E-state index contributed by atoms with van der Waals surface area (Å²) in [5, 5.41) is 20.5. The average molecular weight is 380 g/mol. The van der Waals surface area contributed by atoms with E-state index in [0.29, 0.717) is 40.8 Å². The summed E-state index contributed by atoms with van der Waals surface area (Å²) in [7, 11) is 0. The standard InChI is InChI=1S/C17H18ClN3O3S/c18-12-4-3-10(16(23)20-8-11-7-19-9-14(11)22)6-13(12)21-17(24)15-2-1-5-25-15/h1-6,11,14,19,22H,7-9H2,(H,20,23)(H,21,24). The molecule has 6 nitrogen and oxygen atoms in total. The van der Waals surface area contributed by atoms with Crippen LogP contribution >= 0.6 is 22.9 Å². The summed E-state index contributed by atoms with van der Waals surface area (Å²) in [6, 6.07) is 8.23. The van der Waals surface area contributed by atoms with Crippen molar-refractivity contribution in [3.63, 3.8) is 0 Å². The van der Waals surface area contributed by atoms with Crippen LogP contribution in [0, 0.1) is 5.92 Å². The van der Waals surface area contributed by atoms with Gasteiger partial charge >= 0.3 is 0 Å². The Balaban J connectivity index is 1.66. The first-order valence-corrected chi connectivity index (χ1v) is 9.11. The van der Waals surface area contributed by atoms with E-state index in [4.69, 9.17) is 11.6 Å². The van der Waals surface area contributed by atoms with Gasteiger partial charge in [-0.15, -0.1) is 11.3 Å². The summed E-state index contributed by atoms with van der Waals surface area (Å²) in [5.74, 6) is -0.550. The van der Waals surface area contributed by atoms with Crippen LogP contribution in [0.25, 0.3) is 0 Å². The average Bonchev–Trinajstić information content (AvgIpc) is 3.26. The maximum absolute atomic E-state index is 12.3. The van der Waals surface area contributed by atoms with E-state index in [-0.39, 0.29) is 17.7 Å². The van der Waals surface area contributed by atoms with Crippen LogP contribution in [0.3, 0.4) is 0 Å². The number of anilines is 1. The first-order chi connectivity index (χ1) is 12.0. The van der Waals surface area contributed by atoms with E-state index >= 15 is 0 Å². The van der Waals surface area contributed by atoms with Gasteiger partial charge in [0.05, 0.1) is 21.7 Å². The minimum absolute atomic E-state index is 0.00532. The molecule has 1 aromatic carbocycles. The van der Waals surface area contributed by atoms with Crippen molar-refractivity contribution in [2.75, 3.05) is 25.0 Å². The van der Waals surface area contributed by atoms with Crippen LogP contribution in [0.5, 0.6) is 0 Å². The van der Waals surface area contributed by atoms with Gasteiger partial charge < -0.3 is 21.1 Å². The second-order valence-corrected chi connectivity index (χ2v) is 7.18. The van der Waals surface area contributed by atoms with E-state index in [0.717, 1.165) is 0 Å². The second kappa shape index (κ2) is 7.97. The third-order valence-corrected chi connectivity index (χ3v) is 5.25. The molecular formula is C17H18ClN3O3S. The normalized spacial score (nSPS) is 19.6. The lowest BCUT2D eigenvalue weighted by atomic mass is 10.1. The van der Waals surface area contributed by atoms with Crippen LogP contribution in [0.15, 0.2) is 35.7 Å². The van der Waals surface area contributed by atoms with Crippen LogP contribution in [0.1, 0.15) is 20.0 Å². The van der Waals surface area contributed by atoms with Crippen molar-refractivity contribution in [3.8, 4) is 0 Å². The SMILES string of the molecule is O=C(NCC1CNCC1O)c1ccc(Cl)c(NC(=O)c2cccs2)c1. The van der Waals surface area contributed by atoms with Crippen molar-refractivity contribution in [1.82, 2.24) is 10.6 Å². The van der Waals surface area contributed by atoms with E-state index in [1.165, 1.54) is 11.3 Å². The number of β-amino-alcohol motifs (C(OH)–C–C–N with tert-alkyl or cyclic N) is 1. The Morgan fingerprint density at radius 1 is 1.28 bits per heavy atom. The Morgan fingerprint density at radius 3 is 2.80 bits per heavy atom. The molecule has 0 aliphatic carbocycles. The summed E-state index contributed by atoms with van der Waals surface area (Å²) in [6.45, 7) is 1.59. The van der Waals surface area contributed by atoms with E-state index in [2.05, 4.69) is 16.0 Å². The van der Waals surface area contributed by atoms with Gasteiger partial charge in [0.1, 0.15) is 0 Å². The summed E-state index contributed by atoms with van der Waals surface area (Å²) in [6.07, 6.45) is -0.453. The Kier molecular flexibility index (Phi) is 5.70. The number of aliphatic hydroxyl groups excluding tert-OH is 1. The third-order valence-electron chi connectivity index (χ3n) is 4.05. The van der Waals surface area contributed by atoms with E-state index in [9.17, 15) is 14.7 Å². The van der Waals surface area contributed by atoms with Gasteiger partial charge in [-0.1, -0.05) is 17.7 Å². The monoisotopic (exact) mass is 379 g/mol.